The summed E-state index contributed by atoms with van der Waals surface area (Å²) < 4.78 is 12.5. The van der Waals surface area contributed by atoms with E-state index >= 15 is 0 Å². The lowest BCUT2D eigenvalue weighted by atomic mass is 10.1. The largest absolute Gasteiger partial charge is 0.494 e. The first-order chi connectivity index (χ1) is 10.2. The van der Waals surface area contributed by atoms with Crippen molar-refractivity contribution in [2.45, 2.75) is 6.92 Å². The summed E-state index contributed by atoms with van der Waals surface area (Å²) in [5, 5.41) is 3.09. The molecule has 2 aromatic carbocycles. The monoisotopic (exact) mass is 283 g/mol. The lowest BCUT2D eigenvalue weighted by Crippen LogP contribution is -2.09. The molecule has 3 rings (SSSR count). The second kappa shape index (κ2) is 5.13. The maximum atomic E-state index is 12.0. The van der Waals surface area contributed by atoms with E-state index < -0.39 is 0 Å². The molecule has 0 aliphatic rings. The van der Waals surface area contributed by atoms with E-state index in [2.05, 4.69) is 6.07 Å². The molecule has 21 heavy (non-hydrogen) atoms. The maximum absolute atomic E-state index is 12.0. The predicted octanol–water partition coefficient (Wildman–Crippen LogP) is 3.52. The summed E-state index contributed by atoms with van der Waals surface area (Å²) in [7, 11) is 3.50. The van der Waals surface area contributed by atoms with E-state index in [4.69, 9.17) is 9.47 Å². The molecule has 1 aromatic heterocycles. The molecule has 0 spiro atoms. The Morgan fingerprint density at radius 1 is 1.19 bits per heavy atom. The maximum Gasteiger partial charge on any atom is 0.354 e. The molecule has 4 heteroatoms. The Balaban J connectivity index is 2.36. The number of hydrogen-bond donors (Lipinski definition) is 0. The first-order valence-corrected chi connectivity index (χ1v) is 6.89. The van der Waals surface area contributed by atoms with Crippen LogP contribution in [0.4, 0.5) is 0 Å². The zero-order valence-electron chi connectivity index (χ0n) is 12.3. The highest BCUT2D eigenvalue weighted by molar-refractivity contribution is 6.07. The van der Waals surface area contributed by atoms with Crippen LogP contribution in [-0.4, -0.2) is 24.3 Å². The first-order valence-electron chi connectivity index (χ1n) is 6.89. The zero-order chi connectivity index (χ0) is 15.0. The van der Waals surface area contributed by atoms with Crippen molar-refractivity contribution in [1.29, 1.82) is 0 Å². The van der Waals surface area contributed by atoms with Crippen LogP contribution in [0.25, 0.3) is 21.7 Å². The molecule has 0 amide bonds. The fourth-order valence-electron chi connectivity index (χ4n) is 2.75. The van der Waals surface area contributed by atoms with E-state index in [1.165, 1.54) is 0 Å². The van der Waals surface area contributed by atoms with E-state index in [-0.39, 0.29) is 5.97 Å². The van der Waals surface area contributed by atoms with Gasteiger partial charge in [-0.3, -0.25) is 0 Å². The Bertz CT molecular complexity index is 833. The van der Waals surface area contributed by atoms with Crippen molar-refractivity contribution in [3.63, 3.8) is 0 Å². The fourth-order valence-corrected chi connectivity index (χ4v) is 2.75. The van der Waals surface area contributed by atoms with Crippen molar-refractivity contribution >= 4 is 27.6 Å². The van der Waals surface area contributed by atoms with Crippen molar-refractivity contribution in [2.24, 2.45) is 7.05 Å². The molecule has 0 radical (unpaired) electrons. The SMILES string of the molecule is CCOC(=O)c1cc2cc3ccccc3c(OC)c2n1C. The van der Waals surface area contributed by atoms with E-state index in [1.54, 1.807) is 14.0 Å². The molecule has 1 heterocycles. The van der Waals surface area contributed by atoms with Gasteiger partial charge in [0, 0.05) is 17.8 Å². The Morgan fingerprint density at radius 3 is 2.67 bits per heavy atom. The normalized spacial score (nSPS) is 11.0. The van der Waals surface area contributed by atoms with Gasteiger partial charge in [0.15, 0.2) is 5.75 Å². The molecule has 108 valence electrons. The highest BCUT2D eigenvalue weighted by Gasteiger charge is 2.18. The second-order valence-electron chi connectivity index (χ2n) is 4.88. The number of ether oxygens (including phenoxy) is 2. The smallest absolute Gasteiger partial charge is 0.354 e. The zero-order valence-corrected chi connectivity index (χ0v) is 12.3. The lowest BCUT2D eigenvalue weighted by molar-refractivity contribution is 0.0516. The molecule has 0 aliphatic carbocycles. The van der Waals surface area contributed by atoms with Crippen molar-refractivity contribution in [3.05, 3.63) is 42.1 Å². The number of rotatable bonds is 3. The number of methoxy groups -OCH3 is 1. The van der Waals surface area contributed by atoms with Crippen molar-refractivity contribution < 1.29 is 14.3 Å². The molecule has 4 nitrogen and oxygen atoms in total. The second-order valence-corrected chi connectivity index (χ2v) is 4.88. The van der Waals surface area contributed by atoms with Crippen LogP contribution in [0, 0.1) is 0 Å². The number of hydrogen-bond acceptors (Lipinski definition) is 3. The van der Waals surface area contributed by atoms with Crippen molar-refractivity contribution in [1.82, 2.24) is 4.57 Å². The Kier molecular flexibility index (Phi) is 3.29. The van der Waals surface area contributed by atoms with Gasteiger partial charge >= 0.3 is 5.97 Å². The topological polar surface area (TPSA) is 40.5 Å². The molecule has 0 fully saturated rings. The van der Waals surface area contributed by atoms with Crippen LogP contribution < -0.4 is 4.74 Å². The van der Waals surface area contributed by atoms with Crippen LogP contribution in [0.1, 0.15) is 17.4 Å². The lowest BCUT2D eigenvalue weighted by Gasteiger charge is -2.10. The number of carbonyl (C=O) groups excluding carboxylic acids is 1. The third kappa shape index (κ3) is 2.03. The van der Waals surface area contributed by atoms with Crippen molar-refractivity contribution in [3.8, 4) is 5.75 Å². The van der Waals surface area contributed by atoms with Gasteiger partial charge in [0.05, 0.1) is 19.2 Å². The van der Waals surface area contributed by atoms with Crippen LogP contribution in [-0.2, 0) is 11.8 Å². The molecule has 0 saturated heterocycles. The molecule has 0 unspecified atom stereocenters. The Morgan fingerprint density at radius 2 is 1.95 bits per heavy atom. The number of carbonyl (C=O) groups is 1. The number of benzene rings is 2. The van der Waals surface area contributed by atoms with Gasteiger partial charge in [0.2, 0.25) is 0 Å². The highest BCUT2D eigenvalue weighted by atomic mass is 16.5. The van der Waals surface area contributed by atoms with E-state index in [0.717, 1.165) is 27.4 Å². The molecule has 0 atom stereocenters. The third-order valence-electron chi connectivity index (χ3n) is 3.68. The minimum Gasteiger partial charge on any atom is -0.494 e. The van der Waals surface area contributed by atoms with Gasteiger partial charge in [-0.15, -0.1) is 0 Å². The van der Waals surface area contributed by atoms with Crippen LogP contribution in [0.2, 0.25) is 0 Å². The van der Waals surface area contributed by atoms with Gasteiger partial charge < -0.3 is 14.0 Å². The van der Waals surface area contributed by atoms with Crippen LogP contribution >= 0.6 is 0 Å². The van der Waals surface area contributed by atoms with Gasteiger partial charge in [0.25, 0.3) is 0 Å². The van der Waals surface area contributed by atoms with Gasteiger partial charge in [0.1, 0.15) is 5.69 Å². The molecule has 0 bridgehead atoms. The number of nitrogens with zero attached hydrogens (tertiary/aromatic N) is 1. The van der Waals surface area contributed by atoms with Gasteiger partial charge in [-0.1, -0.05) is 24.3 Å². The van der Waals surface area contributed by atoms with Crippen LogP contribution in [0.3, 0.4) is 0 Å². The Labute approximate surface area is 122 Å². The summed E-state index contributed by atoms with van der Waals surface area (Å²) in [6.45, 7) is 2.16. The minimum absolute atomic E-state index is 0.317. The fraction of sp³-hybridized carbons (Fsp3) is 0.235. The quantitative estimate of drug-likeness (QED) is 0.691. The van der Waals surface area contributed by atoms with Gasteiger partial charge in [-0.2, -0.15) is 0 Å². The van der Waals surface area contributed by atoms with Crippen LogP contribution in [0.5, 0.6) is 5.75 Å². The van der Waals surface area contributed by atoms with Gasteiger partial charge in [-0.25, -0.2) is 4.79 Å². The molecular weight excluding hydrogens is 266 g/mol. The number of aromatic nitrogens is 1. The summed E-state index contributed by atoms with van der Waals surface area (Å²) in [4.78, 5) is 12.0. The van der Waals surface area contributed by atoms with Crippen LogP contribution in [0.15, 0.2) is 36.4 Å². The van der Waals surface area contributed by atoms with E-state index in [9.17, 15) is 4.79 Å². The molecule has 3 aromatic rings. The Hall–Kier alpha value is -2.49. The molecule has 0 N–H and O–H groups in total. The summed E-state index contributed by atoms with van der Waals surface area (Å²) in [6, 6.07) is 11.9. The van der Waals surface area contributed by atoms with Gasteiger partial charge in [-0.05, 0) is 24.4 Å². The van der Waals surface area contributed by atoms with E-state index in [0.29, 0.717) is 12.3 Å². The standard InChI is InChI=1S/C17H17NO3/c1-4-21-17(19)14-10-12-9-11-7-5-6-8-13(11)16(20-3)15(12)18(14)2/h5-10H,4H2,1-3H3. The highest BCUT2D eigenvalue weighted by Crippen LogP contribution is 2.36. The molecule has 0 saturated carbocycles. The summed E-state index contributed by atoms with van der Waals surface area (Å²) in [6.07, 6.45) is 0. The minimum atomic E-state index is -0.317. The molecular formula is C17H17NO3. The summed E-state index contributed by atoms with van der Waals surface area (Å²) in [5.74, 6) is 0.462. The summed E-state index contributed by atoms with van der Waals surface area (Å²) in [5.41, 5.74) is 1.43. The number of fused-ring (bicyclic) bond motifs is 2. The first kappa shape index (κ1) is 13.5. The van der Waals surface area contributed by atoms with E-state index in [1.807, 2.05) is 41.9 Å². The third-order valence-corrected chi connectivity index (χ3v) is 3.68. The summed E-state index contributed by atoms with van der Waals surface area (Å²) >= 11 is 0. The average Bonchev–Trinajstić information content (AvgIpc) is 2.82. The number of aryl methyl sites for hydroxylation is 1. The number of esters is 1. The molecule has 0 aliphatic heterocycles. The van der Waals surface area contributed by atoms with Crippen molar-refractivity contribution in [2.75, 3.05) is 13.7 Å². The predicted molar refractivity (Wildman–Crippen MR) is 82.9 cm³/mol. The average molecular weight is 283 g/mol.